The highest BCUT2D eigenvalue weighted by molar-refractivity contribution is 7.25. The van der Waals surface area contributed by atoms with Gasteiger partial charge in [-0.2, -0.15) is 0 Å². The third kappa shape index (κ3) is 5.15. The Morgan fingerprint density at radius 3 is 1.98 bits per heavy atom. The number of amidine groups is 2. The number of benzene rings is 8. The molecule has 0 saturated heterocycles. The third-order valence-corrected chi connectivity index (χ3v) is 12.4. The minimum absolute atomic E-state index is 0.288. The zero-order valence-corrected chi connectivity index (χ0v) is 31.4. The first-order valence-electron chi connectivity index (χ1n) is 19.2. The fourth-order valence-electron chi connectivity index (χ4n) is 8.56. The minimum atomic E-state index is -0.288. The highest BCUT2D eigenvalue weighted by atomic mass is 32.1. The van der Waals surface area contributed by atoms with Gasteiger partial charge in [-0.15, -0.1) is 11.3 Å². The van der Waals surface area contributed by atoms with Gasteiger partial charge < -0.3 is 14.3 Å². The van der Waals surface area contributed by atoms with Crippen LogP contribution in [0.1, 0.15) is 22.9 Å². The van der Waals surface area contributed by atoms with Crippen molar-refractivity contribution in [2.24, 2.45) is 9.98 Å². The number of para-hydroxylation sites is 3. The molecule has 0 fully saturated rings. The Kier molecular flexibility index (Phi) is 7.09. The van der Waals surface area contributed by atoms with Gasteiger partial charge in [-0.05, 0) is 71.3 Å². The summed E-state index contributed by atoms with van der Waals surface area (Å²) in [6.07, 6.45) is -0.288. The predicted octanol–water partition coefficient (Wildman–Crippen LogP) is 13.2. The van der Waals surface area contributed by atoms with Crippen LogP contribution in [0.2, 0.25) is 0 Å². The molecular weight excluding hydrogens is 717 g/mol. The average molecular weight is 749 g/mol. The van der Waals surface area contributed by atoms with Gasteiger partial charge in [0.15, 0.2) is 5.84 Å². The number of nitrogens with zero attached hydrogens (tertiary/aromatic N) is 3. The van der Waals surface area contributed by atoms with Gasteiger partial charge in [0.2, 0.25) is 0 Å². The van der Waals surface area contributed by atoms with Crippen LogP contribution in [-0.2, 0) is 0 Å². The van der Waals surface area contributed by atoms with Crippen molar-refractivity contribution >= 4 is 86.9 Å². The minimum Gasteiger partial charge on any atom is -0.455 e. The topological polar surface area (TPSA) is 54.8 Å². The number of aliphatic imine (C=N–C) groups is 2. The lowest BCUT2D eigenvalue weighted by molar-refractivity contribution is 0.663. The summed E-state index contributed by atoms with van der Waals surface area (Å²) in [6, 6.07) is 64.4. The van der Waals surface area contributed by atoms with Gasteiger partial charge in [-0.25, -0.2) is 9.98 Å². The molecule has 0 spiro atoms. The van der Waals surface area contributed by atoms with Crippen molar-refractivity contribution in [1.29, 1.82) is 0 Å². The van der Waals surface area contributed by atoms with Gasteiger partial charge in [0.05, 0.1) is 16.6 Å². The Labute approximate surface area is 331 Å². The smallest absolute Gasteiger partial charge is 0.163 e. The number of fused-ring (bicyclic) bond motifs is 9. The van der Waals surface area contributed by atoms with E-state index in [2.05, 4.69) is 155 Å². The Balaban J connectivity index is 0.940. The Bertz CT molecular complexity index is 3390. The van der Waals surface area contributed by atoms with Gasteiger partial charge >= 0.3 is 0 Å². The van der Waals surface area contributed by atoms with Gasteiger partial charge in [0.1, 0.15) is 23.2 Å². The fourth-order valence-corrected chi connectivity index (χ4v) is 9.68. The SMILES string of the molecule is c1ccc(C2=NC(c3cccc4c3oc3cc(-c5ccc6c(c5)sc5ccc(-n7c8ccccc8c8ccccc87)cc56)ccc34)=NC(c3ccccc3)N2)cc1. The zero-order chi connectivity index (χ0) is 37.5. The lowest BCUT2D eigenvalue weighted by atomic mass is 10.0. The van der Waals surface area contributed by atoms with E-state index in [-0.39, 0.29) is 6.17 Å². The molecular formula is C51H32N4OS. The molecule has 4 heterocycles. The summed E-state index contributed by atoms with van der Waals surface area (Å²) in [5, 5.41) is 10.8. The molecule has 0 bridgehead atoms. The summed E-state index contributed by atoms with van der Waals surface area (Å²) in [5.41, 5.74) is 10.4. The average Bonchev–Trinajstić information content (AvgIpc) is 3.95. The Hall–Kier alpha value is -7.28. The molecule has 0 saturated carbocycles. The molecule has 11 aromatic rings. The second kappa shape index (κ2) is 12.6. The Morgan fingerprint density at radius 2 is 1.19 bits per heavy atom. The molecule has 5 nitrogen and oxygen atoms in total. The van der Waals surface area contributed by atoms with Crippen LogP contribution in [0.4, 0.5) is 0 Å². The van der Waals surface area contributed by atoms with Crippen LogP contribution >= 0.6 is 11.3 Å². The lowest BCUT2D eigenvalue weighted by Gasteiger charge is -2.23. The standard InChI is InChI=1S/C51H32N4OS/c1-3-12-31(13-4-1)49-52-50(32-14-5-2-6-15-32)54-51(53-49)41-19-11-18-40-38-25-22-33(28-45(38)56-48(40)41)34-23-26-39-42-30-35(24-27-46(42)57-47(39)29-34)55-43-20-9-7-16-36(43)37-17-8-10-21-44(37)55/h1-30,49H,(H,52,53,54). The maximum Gasteiger partial charge on any atom is 0.163 e. The van der Waals surface area contributed by atoms with Crippen LogP contribution < -0.4 is 5.32 Å². The molecule has 12 rings (SSSR count). The zero-order valence-electron chi connectivity index (χ0n) is 30.6. The summed E-state index contributed by atoms with van der Waals surface area (Å²) in [5.74, 6) is 1.42. The number of furan rings is 1. The van der Waals surface area contributed by atoms with Crippen molar-refractivity contribution in [3.05, 3.63) is 199 Å². The monoisotopic (exact) mass is 748 g/mol. The normalized spacial score (nSPS) is 14.5. The van der Waals surface area contributed by atoms with Crippen LogP contribution in [-0.4, -0.2) is 16.2 Å². The molecule has 3 aromatic heterocycles. The second-order valence-electron chi connectivity index (χ2n) is 14.6. The first-order valence-corrected chi connectivity index (χ1v) is 20.0. The number of hydrogen-bond acceptors (Lipinski definition) is 5. The van der Waals surface area contributed by atoms with Crippen molar-refractivity contribution in [2.75, 3.05) is 0 Å². The molecule has 0 aliphatic carbocycles. The van der Waals surface area contributed by atoms with Crippen molar-refractivity contribution in [2.45, 2.75) is 6.17 Å². The molecule has 8 aromatic carbocycles. The summed E-state index contributed by atoms with van der Waals surface area (Å²) in [6.45, 7) is 0. The quantitative estimate of drug-likeness (QED) is 0.191. The summed E-state index contributed by atoms with van der Waals surface area (Å²) in [7, 11) is 0. The largest absolute Gasteiger partial charge is 0.455 e. The van der Waals surface area contributed by atoms with Crippen LogP contribution in [0.25, 0.3) is 80.7 Å². The van der Waals surface area contributed by atoms with Crippen LogP contribution in [0.3, 0.4) is 0 Å². The summed E-state index contributed by atoms with van der Waals surface area (Å²) in [4.78, 5) is 10.2. The predicted molar refractivity (Wildman–Crippen MR) is 238 cm³/mol. The highest BCUT2D eigenvalue weighted by Crippen LogP contribution is 2.41. The number of rotatable bonds is 5. The van der Waals surface area contributed by atoms with E-state index in [1.807, 2.05) is 47.7 Å². The molecule has 57 heavy (non-hydrogen) atoms. The first-order chi connectivity index (χ1) is 28.2. The maximum atomic E-state index is 6.76. The molecule has 268 valence electrons. The van der Waals surface area contributed by atoms with Gasteiger partial charge in [0, 0.05) is 53.0 Å². The van der Waals surface area contributed by atoms with Crippen LogP contribution in [0, 0.1) is 0 Å². The molecule has 1 atom stereocenters. The van der Waals surface area contributed by atoms with Gasteiger partial charge in [0.25, 0.3) is 0 Å². The lowest BCUT2D eigenvalue weighted by Crippen LogP contribution is -2.33. The van der Waals surface area contributed by atoms with E-state index in [0.717, 1.165) is 55.6 Å². The van der Waals surface area contributed by atoms with Gasteiger partial charge in [-0.1, -0.05) is 127 Å². The van der Waals surface area contributed by atoms with E-state index in [0.29, 0.717) is 5.84 Å². The molecule has 1 aliphatic heterocycles. The maximum absolute atomic E-state index is 6.76. The second-order valence-corrected chi connectivity index (χ2v) is 15.7. The molecule has 0 radical (unpaired) electrons. The van der Waals surface area contributed by atoms with Crippen LogP contribution in [0.15, 0.2) is 196 Å². The van der Waals surface area contributed by atoms with Crippen molar-refractivity contribution in [3.63, 3.8) is 0 Å². The third-order valence-electron chi connectivity index (χ3n) is 11.3. The summed E-state index contributed by atoms with van der Waals surface area (Å²) >= 11 is 1.84. The number of hydrogen-bond donors (Lipinski definition) is 1. The van der Waals surface area contributed by atoms with Crippen molar-refractivity contribution in [1.82, 2.24) is 9.88 Å². The van der Waals surface area contributed by atoms with E-state index >= 15 is 0 Å². The number of nitrogens with one attached hydrogen (secondary N) is 1. The van der Waals surface area contributed by atoms with E-state index in [4.69, 9.17) is 14.4 Å². The van der Waals surface area contributed by atoms with E-state index in [1.165, 1.54) is 47.7 Å². The highest BCUT2D eigenvalue weighted by Gasteiger charge is 2.24. The van der Waals surface area contributed by atoms with Gasteiger partial charge in [-0.3, -0.25) is 0 Å². The number of thiophene rings is 1. The van der Waals surface area contributed by atoms with Crippen molar-refractivity contribution < 1.29 is 4.42 Å². The van der Waals surface area contributed by atoms with E-state index in [9.17, 15) is 0 Å². The molecule has 6 heteroatoms. The van der Waals surface area contributed by atoms with Crippen LogP contribution in [0.5, 0.6) is 0 Å². The van der Waals surface area contributed by atoms with E-state index < -0.39 is 0 Å². The molecule has 1 aliphatic rings. The number of aromatic nitrogens is 1. The fraction of sp³-hybridized carbons (Fsp3) is 0.0196. The van der Waals surface area contributed by atoms with Crippen molar-refractivity contribution in [3.8, 4) is 16.8 Å². The molecule has 1 unspecified atom stereocenters. The molecule has 0 amide bonds. The van der Waals surface area contributed by atoms with E-state index in [1.54, 1.807) is 0 Å². The first kappa shape index (κ1) is 32.0. The summed E-state index contributed by atoms with van der Waals surface area (Å²) < 4.78 is 11.7. The molecule has 1 N–H and O–H groups in total. The Morgan fingerprint density at radius 1 is 0.509 bits per heavy atom.